The number of nitrogens with one attached hydrogen (secondary N) is 1. The molecule has 23 heavy (non-hydrogen) atoms. The predicted molar refractivity (Wildman–Crippen MR) is 86.0 cm³/mol. The summed E-state index contributed by atoms with van der Waals surface area (Å²) < 4.78 is 14.5. The summed E-state index contributed by atoms with van der Waals surface area (Å²) in [6.45, 7) is 0.515. The quantitative estimate of drug-likeness (QED) is 0.844. The molecule has 2 aliphatic heterocycles. The number of halogens is 2. The molecule has 0 saturated heterocycles. The average Bonchev–Trinajstić information content (AvgIpc) is 2.49. The van der Waals surface area contributed by atoms with Crippen LogP contribution in [0.5, 0.6) is 0 Å². The number of hydrogen-bond donors (Lipinski definition) is 2. The third-order valence-electron chi connectivity index (χ3n) is 3.89. The van der Waals surface area contributed by atoms with Crippen LogP contribution in [0.15, 0.2) is 45.7 Å². The number of hydrogen-bond acceptors (Lipinski definition) is 3. The minimum atomic E-state index is -1.01. The molecule has 0 aliphatic carbocycles. The first-order chi connectivity index (χ1) is 11.0. The van der Waals surface area contributed by atoms with Crippen LogP contribution in [0.4, 0.5) is 10.1 Å². The van der Waals surface area contributed by atoms with Crippen molar-refractivity contribution in [3.63, 3.8) is 0 Å². The monoisotopic (exact) mass is 380 g/mol. The van der Waals surface area contributed by atoms with Crippen LogP contribution in [0, 0.1) is 5.82 Å². The Kier molecular flexibility index (Phi) is 4.21. The Morgan fingerprint density at radius 1 is 1.39 bits per heavy atom. The molecule has 5 nitrogen and oxygen atoms in total. The molecule has 1 aromatic carbocycles. The molecule has 0 bridgehead atoms. The second-order valence-electron chi connectivity index (χ2n) is 5.42. The Balaban J connectivity index is 1.91. The minimum absolute atomic E-state index is 0.244. The normalized spacial score (nSPS) is 17.7. The summed E-state index contributed by atoms with van der Waals surface area (Å²) in [7, 11) is 0. The summed E-state index contributed by atoms with van der Waals surface area (Å²) >= 11 is 3.18. The maximum Gasteiger partial charge on any atom is 0.333 e. The van der Waals surface area contributed by atoms with Crippen LogP contribution < -0.4 is 5.32 Å². The van der Waals surface area contributed by atoms with Gasteiger partial charge in [-0.1, -0.05) is 15.9 Å². The van der Waals surface area contributed by atoms with Crippen LogP contribution in [0.2, 0.25) is 0 Å². The lowest BCUT2D eigenvalue weighted by Crippen LogP contribution is -2.38. The molecular weight excluding hydrogens is 367 g/mol. The Labute approximate surface area is 140 Å². The first-order valence-electron chi connectivity index (χ1n) is 7.15. The van der Waals surface area contributed by atoms with Crippen LogP contribution in [-0.4, -0.2) is 28.4 Å². The largest absolute Gasteiger partial charge is 0.478 e. The molecule has 0 spiro atoms. The van der Waals surface area contributed by atoms with Crippen molar-refractivity contribution in [2.45, 2.75) is 19.3 Å². The standard InChI is InChI=1S/C16H14BrFN2O3/c17-9-3-4-13(12(18)6-9)19-10-7-14-11(16(22)23)2-1-5-20(14)15(21)8-10/h3-4,6,8,19H,1-2,5,7H2,(H,22,23). The van der Waals surface area contributed by atoms with Gasteiger partial charge in [-0.05, 0) is 31.0 Å². The number of benzene rings is 1. The summed E-state index contributed by atoms with van der Waals surface area (Å²) in [5, 5.41) is 12.2. The zero-order chi connectivity index (χ0) is 16.6. The van der Waals surface area contributed by atoms with E-state index in [1.807, 2.05) is 0 Å². The van der Waals surface area contributed by atoms with Gasteiger partial charge in [-0.2, -0.15) is 0 Å². The van der Waals surface area contributed by atoms with Crippen molar-refractivity contribution >= 4 is 33.5 Å². The molecule has 120 valence electrons. The zero-order valence-corrected chi connectivity index (χ0v) is 13.7. The third-order valence-corrected chi connectivity index (χ3v) is 4.38. The molecule has 3 rings (SSSR count). The molecule has 0 atom stereocenters. The van der Waals surface area contributed by atoms with E-state index in [0.29, 0.717) is 35.3 Å². The zero-order valence-electron chi connectivity index (χ0n) is 12.1. The van der Waals surface area contributed by atoms with Crippen LogP contribution in [-0.2, 0) is 9.59 Å². The van der Waals surface area contributed by atoms with Gasteiger partial charge in [0.1, 0.15) is 5.82 Å². The van der Waals surface area contributed by atoms with Gasteiger partial charge in [0, 0.05) is 34.9 Å². The summed E-state index contributed by atoms with van der Waals surface area (Å²) in [4.78, 5) is 25.1. The van der Waals surface area contributed by atoms with Crippen molar-refractivity contribution in [2.24, 2.45) is 0 Å². The Hall–Kier alpha value is -2.15. The third kappa shape index (κ3) is 3.14. The highest BCUT2D eigenvalue weighted by atomic mass is 79.9. The Morgan fingerprint density at radius 3 is 2.87 bits per heavy atom. The molecule has 0 fully saturated rings. The average molecular weight is 381 g/mol. The molecule has 0 unspecified atom stereocenters. The number of carboxylic acids is 1. The van der Waals surface area contributed by atoms with E-state index in [-0.39, 0.29) is 23.6 Å². The fraction of sp³-hybridized carbons (Fsp3) is 0.250. The number of amides is 1. The van der Waals surface area contributed by atoms with Crippen molar-refractivity contribution in [3.8, 4) is 0 Å². The second kappa shape index (κ2) is 6.16. The van der Waals surface area contributed by atoms with E-state index < -0.39 is 11.8 Å². The predicted octanol–water partition coefficient (Wildman–Crippen LogP) is 3.25. The van der Waals surface area contributed by atoms with Gasteiger partial charge in [0.25, 0.3) is 5.91 Å². The Bertz CT molecular complexity index is 758. The highest BCUT2D eigenvalue weighted by Crippen LogP contribution is 2.32. The SMILES string of the molecule is O=C(O)C1=C2CC(Nc3ccc(Br)cc3F)=CC(=O)N2CCC1. The van der Waals surface area contributed by atoms with E-state index in [2.05, 4.69) is 21.2 Å². The summed E-state index contributed by atoms with van der Waals surface area (Å²) in [6.07, 6.45) is 2.74. The number of carbonyl (C=O) groups is 2. The highest BCUT2D eigenvalue weighted by Gasteiger charge is 2.31. The van der Waals surface area contributed by atoms with E-state index >= 15 is 0 Å². The minimum Gasteiger partial charge on any atom is -0.478 e. The Morgan fingerprint density at radius 2 is 2.17 bits per heavy atom. The lowest BCUT2D eigenvalue weighted by Gasteiger charge is -2.34. The van der Waals surface area contributed by atoms with Crippen LogP contribution in [0.25, 0.3) is 0 Å². The van der Waals surface area contributed by atoms with E-state index in [0.717, 1.165) is 0 Å². The molecule has 2 aliphatic rings. The molecule has 0 saturated carbocycles. The van der Waals surface area contributed by atoms with Crippen molar-refractivity contribution in [1.29, 1.82) is 0 Å². The number of rotatable bonds is 3. The van der Waals surface area contributed by atoms with E-state index in [1.165, 1.54) is 17.0 Å². The van der Waals surface area contributed by atoms with Crippen LogP contribution in [0.3, 0.4) is 0 Å². The summed E-state index contributed by atoms with van der Waals surface area (Å²) in [6, 6.07) is 4.57. The molecule has 1 aromatic rings. The van der Waals surface area contributed by atoms with Gasteiger partial charge in [0.05, 0.1) is 11.3 Å². The topological polar surface area (TPSA) is 69.6 Å². The van der Waals surface area contributed by atoms with Gasteiger partial charge in [-0.15, -0.1) is 0 Å². The van der Waals surface area contributed by atoms with Gasteiger partial charge in [-0.3, -0.25) is 4.79 Å². The fourth-order valence-electron chi connectivity index (χ4n) is 2.83. The molecular formula is C16H14BrFN2O3. The second-order valence-corrected chi connectivity index (χ2v) is 6.34. The van der Waals surface area contributed by atoms with E-state index in [9.17, 15) is 19.1 Å². The maximum absolute atomic E-state index is 13.9. The number of carboxylic acid groups (broad SMARTS) is 1. The van der Waals surface area contributed by atoms with Gasteiger partial charge < -0.3 is 15.3 Å². The fourth-order valence-corrected chi connectivity index (χ4v) is 3.17. The van der Waals surface area contributed by atoms with Crippen molar-refractivity contribution in [1.82, 2.24) is 4.90 Å². The first kappa shape index (κ1) is 15.7. The van der Waals surface area contributed by atoms with Crippen molar-refractivity contribution < 1.29 is 19.1 Å². The van der Waals surface area contributed by atoms with Gasteiger partial charge in [-0.25, -0.2) is 9.18 Å². The summed E-state index contributed by atoms with van der Waals surface area (Å²) in [5.41, 5.74) is 1.49. The van der Waals surface area contributed by atoms with Crippen molar-refractivity contribution in [2.75, 3.05) is 11.9 Å². The molecule has 0 aromatic heterocycles. The number of nitrogens with zero attached hydrogens (tertiary/aromatic N) is 1. The smallest absolute Gasteiger partial charge is 0.333 e. The van der Waals surface area contributed by atoms with Crippen LogP contribution >= 0.6 is 15.9 Å². The lowest BCUT2D eigenvalue weighted by molar-refractivity contribution is -0.133. The molecule has 7 heteroatoms. The highest BCUT2D eigenvalue weighted by molar-refractivity contribution is 9.10. The van der Waals surface area contributed by atoms with Gasteiger partial charge in [0.2, 0.25) is 0 Å². The number of fused-ring (bicyclic) bond motifs is 1. The summed E-state index contributed by atoms with van der Waals surface area (Å²) in [5.74, 6) is -1.73. The lowest BCUT2D eigenvalue weighted by atomic mass is 9.96. The number of aliphatic carboxylic acids is 1. The van der Waals surface area contributed by atoms with E-state index in [1.54, 1.807) is 12.1 Å². The van der Waals surface area contributed by atoms with Gasteiger partial charge >= 0.3 is 5.97 Å². The number of anilines is 1. The maximum atomic E-state index is 13.9. The van der Waals surface area contributed by atoms with Crippen molar-refractivity contribution in [3.05, 3.63) is 51.5 Å². The molecule has 0 radical (unpaired) electrons. The van der Waals surface area contributed by atoms with E-state index in [4.69, 9.17) is 0 Å². The first-order valence-corrected chi connectivity index (χ1v) is 7.94. The molecule has 2 N–H and O–H groups in total. The molecule has 2 heterocycles. The van der Waals surface area contributed by atoms with Gasteiger partial charge in [0.15, 0.2) is 0 Å². The molecule has 1 amide bonds. The van der Waals surface area contributed by atoms with Crippen LogP contribution in [0.1, 0.15) is 19.3 Å². The number of carbonyl (C=O) groups excluding carboxylic acids is 1.